The summed E-state index contributed by atoms with van der Waals surface area (Å²) in [6, 6.07) is 1.58. The van der Waals surface area contributed by atoms with Gasteiger partial charge in [0.05, 0.1) is 19.8 Å². The summed E-state index contributed by atoms with van der Waals surface area (Å²) in [6.07, 6.45) is 0. The van der Waals surface area contributed by atoms with Gasteiger partial charge >= 0.3 is 0 Å². The van der Waals surface area contributed by atoms with Crippen LogP contribution in [0.4, 0.5) is 5.88 Å². The van der Waals surface area contributed by atoms with Gasteiger partial charge in [0.25, 0.3) is 5.91 Å². The van der Waals surface area contributed by atoms with Gasteiger partial charge in [0.2, 0.25) is 5.88 Å². The van der Waals surface area contributed by atoms with Crippen LogP contribution in [-0.4, -0.2) is 57.1 Å². The van der Waals surface area contributed by atoms with Crippen molar-refractivity contribution in [1.82, 2.24) is 10.5 Å². The maximum absolute atomic E-state index is 11.9. The van der Waals surface area contributed by atoms with Gasteiger partial charge in [-0.1, -0.05) is 5.16 Å². The zero-order valence-corrected chi connectivity index (χ0v) is 11.2. The van der Waals surface area contributed by atoms with Crippen LogP contribution < -0.4 is 10.2 Å². The monoisotopic (exact) mass is 269 g/mol. The highest BCUT2D eigenvalue weighted by Crippen LogP contribution is 2.17. The summed E-state index contributed by atoms with van der Waals surface area (Å²) in [5.74, 6) is 0.348. The first-order valence-corrected chi connectivity index (χ1v) is 6.30. The van der Waals surface area contributed by atoms with E-state index in [0.29, 0.717) is 25.7 Å². The first kappa shape index (κ1) is 13.8. The van der Waals surface area contributed by atoms with E-state index >= 15 is 0 Å². The fourth-order valence-electron chi connectivity index (χ4n) is 1.89. The molecule has 1 amide bonds. The molecule has 0 saturated carbocycles. The van der Waals surface area contributed by atoms with E-state index in [0.717, 1.165) is 13.1 Å². The SMILES string of the molecule is COCC(C)NC(=O)c1cc(N2CCOCC2)on1. The van der Waals surface area contributed by atoms with Crippen LogP contribution >= 0.6 is 0 Å². The molecule has 2 rings (SSSR count). The first-order chi connectivity index (χ1) is 9.20. The lowest BCUT2D eigenvalue weighted by molar-refractivity contribution is 0.0896. The van der Waals surface area contributed by atoms with Gasteiger partial charge in [-0.3, -0.25) is 4.79 Å². The average molecular weight is 269 g/mol. The standard InChI is InChI=1S/C12H19N3O4/c1-9(8-17-2)13-12(16)10-7-11(19-14-10)15-3-5-18-6-4-15/h7,9H,3-6,8H2,1-2H3,(H,13,16). The van der Waals surface area contributed by atoms with Crippen LogP contribution in [0.3, 0.4) is 0 Å². The molecule has 2 heterocycles. The van der Waals surface area contributed by atoms with Gasteiger partial charge in [-0.25, -0.2) is 0 Å². The van der Waals surface area contributed by atoms with Gasteiger partial charge in [-0.2, -0.15) is 0 Å². The fraction of sp³-hybridized carbons (Fsp3) is 0.667. The van der Waals surface area contributed by atoms with E-state index in [2.05, 4.69) is 10.5 Å². The van der Waals surface area contributed by atoms with E-state index < -0.39 is 0 Å². The lowest BCUT2D eigenvalue weighted by atomic mass is 10.3. The highest BCUT2D eigenvalue weighted by atomic mass is 16.5. The topological polar surface area (TPSA) is 76.8 Å². The molecule has 1 aliphatic heterocycles. The normalized spacial score (nSPS) is 17.3. The Morgan fingerprint density at radius 2 is 2.32 bits per heavy atom. The van der Waals surface area contributed by atoms with Crippen molar-refractivity contribution in [2.45, 2.75) is 13.0 Å². The Morgan fingerprint density at radius 3 is 3.00 bits per heavy atom. The molecule has 0 aliphatic carbocycles. The Labute approximate surface area is 111 Å². The molecule has 106 valence electrons. The summed E-state index contributed by atoms with van der Waals surface area (Å²) in [6.45, 7) is 5.14. The summed E-state index contributed by atoms with van der Waals surface area (Å²) in [5.41, 5.74) is 0.282. The fourth-order valence-corrected chi connectivity index (χ4v) is 1.89. The molecule has 1 atom stereocenters. The third-order valence-corrected chi connectivity index (χ3v) is 2.85. The van der Waals surface area contributed by atoms with Crippen LogP contribution in [0, 0.1) is 0 Å². The number of nitrogens with zero attached hydrogens (tertiary/aromatic N) is 2. The molecular weight excluding hydrogens is 250 g/mol. The zero-order valence-electron chi connectivity index (χ0n) is 11.2. The number of carbonyl (C=O) groups excluding carboxylic acids is 1. The Balaban J connectivity index is 1.94. The number of rotatable bonds is 5. The van der Waals surface area contributed by atoms with Crippen molar-refractivity contribution in [2.24, 2.45) is 0 Å². The second-order valence-electron chi connectivity index (χ2n) is 4.48. The van der Waals surface area contributed by atoms with Crippen molar-refractivity contribution in [2.75, 3.05) is 44.9 Å². The van der Waals surface area contributed by atoms with Gasteiger partial charge in [-0.15, -0.1) is 0 Å². The van der Waals surface area contributed by atoms with E-state index in [9.17, 15) is 4.79 Å². The van der Waals surface area contributed by atoms with Crippen molar-refractivity contribution in [3.05, 3.63) is 11.8 Å². The summed E-state index contributed by atoms with van der Waals surface area (Å²) >= 11 is 0. The molecule has 7 nitrogen and oxygen atoms in total. The summed E-state index contributed by atoms with van der Waals surface area (Å²) in [5, 5.41) is 6.58. The number of amides is 1. The Morgan fingerprint density at radius 1 is 1.58 bits per heavy atom. The van der Waals surface area contributed by atoms with E-state index in [1.165, 1.54) is 0 Å². The Hall–Kier alpha value is -1.60. The largest absolute Gasteiger partial charge is 0.383 e. The molecule has 19 heavy (non-hydrogen) atoms. The predicted molar refractivity (Wildman–Crippen MR) is 68.3 cm³/mol. The number of morpholine rings is 1. The molecule has 7 heteroatoms. The van der Waals surface area contributed by atoms with Crippen molar-refractivity contribution >= 4 is 11.8 Å². The second-order valence-corrected chi connectivity index (χ2v) is 4.48. The number of nitrogens with one attached hydrogen (secondary N) is 1. The number of hydrogen-bond donors (Lipinski definition) is 1. The Kier molecular flexibility index (Phi) is 4.75. The molecule has 1 aliphatic rings. The van der Waals surface area contributed by atoms with Gasteiger partial charge in [0, 0.05) is 32.3 Å². The third kappa shape index (κ3) is 3.68. The second kappa shape index (κ2) is 6.53. The van der Waals surface area contributed by atoms with Crippen LogP contribution in [0.5, 0.6) is 0 Å². The number of ether oxygens (including phenoxy) is 2. The van der Waals surface area contributed by atoms with Gasteiger partial charge < -0.3 is 24.2 Å². The minimum atomic E-state index is -0.257. The van der Waals surface area contributed by atoms with Crippen LogP contribution in [0.15, 0.2) is 10.6 Å². The van der Waals surface area contributed by atoms with Gasteiger partial charge in [0.15, 0.2) is 5.69 Å². The number of aromatic nitrogens is 1. The van der Waals surface area contributed by atoms with E-state index in [1.54, 1.807) is 13.2 Å². The summed E-state index contributed by atoms with van der Waals surface area (Å²) in [7, 11) is 1.59. The molecule has 1 N–H and O–H groups in total. The highest BCUT2D eigenvalue weighted by Gasteiger charge is 2.19. The van der Waals surface area contributed by atoms with E-state index in [4.69, 9.17) is 14.0 Å². The van der Waals surface area contributed by atoms with Crippen LogP contribution in [0.1, 0.15) is 17.4 Å². The molecule has 1 unspecified atom stereocenters. The van der Waals surface area contributed by atoms with Crippen molar-refractivity contribution in [3.63, 3.8) is 0 Å². The third-order valence-electron chi connectivity index (χ3n) is 2.85. The maximum Gasteiger partial charge on any atom is 0.273 e. The number of methoxy groups -OCH3 is 1. The molecular formula is C12H19N3O4. The number of anilines is 1. The quantitative estimate of drug-likeness (QED) is 0.827. The molecule has 0 bridgehead atoms. The van der Waals surface area contributed by atoms with Crippen molar-refractivity contribution in [3.8, 4) is 0 Å². The number of hydrogen-bond acceptors (Lipinski definition) is 6. The highest BCUT2D eigenvalue weighted by molar-refractivity contribution is 5.93. The molecule has 1 aromatic rings. The molecule has 0 spiro atoms. The molecule has 0 radical (unpaired) electrons. The lowest BCUT2D eigenvalue weighted by Gasteiger charge is -2.25. The summed E-state index contributed by atoms with van der Waals surface area (Å²) < 4.78 is 15.4. The molecule has 1 fully saturated rings. The minimum absolute atomic E-state index is 0.0685. The minimum Gasteiger partial charge on any atom is -0.383 e. The first-order valence-electron chi connectivity index (χ1n) is 6.30. The summed E-state index contributed by atoms with van der Waals surface area (Å²) in [4.78, 5) is 13.9. The van der Waals surface area contributed by atoms with E-state index in [1.807, 2.05) is 11.8 Å². The smallest absolute Gasteiger partial charge is 0.273 e. The van der Waals surface area contributed by atoms with Gasteiger partial charge in [0.1, 0.15) is 0 Å². The van der Waals surface area contributed by atoms with Gasteiger partial charge in [-0.05, 0) is 6.92 Å². The zero-order chi connectivity index (χ0) is 13.7. The molecule has 1 aromatic heterocycles. The molecule has 0 aromatic carbocycles. The van der Waals surface area contributed by atoms with Crippen LogP contribution in [-0.2, 0) is 9.47 Å². The maximum atomic E-state index is 11.9. The van der Waals surface area contributed by atoms with Crippen molar-refractivity contribution in [1.29, 1.82) is 0 Å². The predicted octanol–water partition coefficient (Wildman–Crippen LogP) is 0.276. The molecule has 1 saturated heterocycles. The lowest BCUT2D eigenvalue weighted by Crippen LogP contribution is -2.36. The van der Waals surface area contributed by atoms with Crippen LogP contribution in [0.25, 0.3) is 0 Å². The van der Waals surface area contributed by atoms with Crippen molar-refractivity contribution < 1.29 is 18.8 Å². The Bertz CT molecular complexity index is 415. The number of carbonyl (C=O) groups is 1. The van der Waals surface area contributed by atoms with E-state index in [-0.39, 0.29) is 17.6 Å². The van der Waals surface area contributed by atoms with Crippen LogP contribution in [0.2, 0.25) is 0 Å². The average Bonchev–Trinajstić information content (AvgIpc) is 2.89.